The summed E-state index contributed by atoms with van der Waals surface area (Å²) in [7, 11) is 0. The highest BCUT2D eigenvalue weighted by Crippen LogP contribution is 2.41. The number of rotatable bonds is 8. The van der Waals surface area contributed by atoms with Crippen molar-refractivity contribution in [3.8, 4) is 73.2 Å². The van der Waals surface area contributed by atoms with Crippen molar-refractivity contribution < 1.29 is 0 Å². The number of hydrogen-bond acceptors (Lipinski definition) is 2. The van der Waals surface area contributed by atoms with Crippen LogP contribution in [0.15, 0.2) is 267 Å². The number of fused-ring (bicyclic) bond motifs is 9. The Labute approximate surface area is 439 Å². The lowest BCUT2D eigenvalue weighted by molar-refractivity contribution is 1.16. The Morgan fingerprint density at radius 3 is 1.11 bits per heavy atom. The van der Waals surface area contributed by atoms with Gasteiger partial charge in [-0.25, -0.2) is 9.97 Å². The zero-order chi connectivity index (χ0) is 50.3. The van der Waals surface area contributed by atoms with Crippen molar-refractivity contribution in [3.05, 3.63) is 272 Å². The van der Waals surface area contributed by atoms with Crippen LogP contribution < -0.4 is 0 Å². The Bertz CT molecular complexity index is 4400. The molecule has 0 radical (unpaired) electrons. The summed E-state index contributed by atoms with van der Waals surface area (Å²) in [5.41, 5.74) is 21.3. The van der Waals surface area contributed by atoms with Crippen molar-refractivity contribution in [2.75, 3.05) is 0 Å². The van der Waals surface area contributed by atoms with Gasteiger partial charge in [0.1, 0.15) is 0 Å². The molecule has 11 aromatic carbocycles. The molecule has 15 aromatic rings. The van der Waals surface area contributed by atoms with Crippen LogP contribution in [0.1, 0.15) is 5.56 Å². The van der Waals surface area contributed by atoms with Gasteiger partial charge in [0.25, 0.3) is 0 Å². The quantitative estimate of drug-likeness (QED) is 0.152. The van der Waals surface area contributed by atoms with Crippen LogP contribution in [0.3, 0.4) is 0 Å². The molecule has 356 valence electrons. The van der Waals surface area contributed by atoms with E-state index >= 15 is 0 Å². The van der Waals surface area contributed by atoms with Gasteiger partial charge in [-0.05, 0) is 114 Å². The zero-order valence-corrected chi connectivity index (χ0v) is 41.6. The van der Waals surface area contributed by atoms with E-state index in [9.17, 15) is 0 Å². The molecule has 0 fully saturated rings. The monoisotopic (exact) mass is 969 g/mol. The topological polar surface area (TPSA) is 40.6 Å². The molecule has 15 rings (SSSR count). The number of nitrogens with zero attached hydrogens (tertiary/aromatic N) is 5. The first-order chi connectivity index (χ1) is 37.6. The smallest absolute Gasteiger partial charge is 0.160 e. The van der Waals surface area contributed by atoms with Crippen molar-refractivity contribution in [1.82, 2.24) is 23.7 Å². The number of para-hydroxylation sites is 4. The molecule has 0 spiro atoms. The normalized spacial score (nSPS) is 11.8. The Balaban J connectivity index is 0.800. The summed E-state index contributed by atoms with van der Waals surface area (Å²) in [5.74, 6) is 0.713. The van der Waals surface area contributed by atoms with Gasteiger partial charge in [0.2, 0.25) is 0 Å². The summed E-state index contributed by atoms with van der Waals surface area (Å²) in [6.45, 7) is 2.22. The largest absolute Gasteiger partial charge is 0.309 e. The third-order valence-corrected chi connectivity index (χ3v) is 15.4. The predicted octanol–water partition coefficient (Wildman–Crippen LogP) is 18.4. The van der Waals surface area contributed by atoms with Gasteiger partial charge in [-0.3, -0.25) is 0 Å². The summed E-state index contributed by atoms with van der Waals surface area (Å²) < 4.78 is 7.28. The standard InChI is InChI=1S/C71H47N5/c1-46-42-52(47-28-30-50(31-29-47)64-45-63(49-16-4-2-5-17-49)72-71(73-64)51-18-6-3-7-19-51)34-39-56(46)48-32-35-53(36-33-48)74-69-40-37-54(75-65-24-12-8-20-57(65)58-21-9-13-25-66(58)75)43-61(69)62-44-55(38-41-70(62)74)76-67-26-14-10-22-59(67)60-23-11-15-27-68(60)76/h2-45H,1H3. The Hall–Kier alpha value is -10.1. The average molecular weight is 970 g/mol. The maximum atomic E-state index is 5.06. The van der Waals surface area contributed by atoms with E-state index in [4.69, 9.17) is 9.97 Å². The van der Waals surface area contributed by atoms with E-state index in [1.54, 1.807) is 0 Å². The number of aryl methyl sites for hydroxylation is 1. The van der Waals surface area contributed by atoms with Gasteiger partial charge in [-0.15, -0.1) is 0 Å². The summed E-state index contributed by atoms with van der Waals surface area (Å²) in [6, 6.07) is 96.3. The van der Waals surface area contributed by atoms with Gasteiger partial charge < -0.3 is 13.7 Å². The zero-order valence-electron chi connectivity index (χ0n) is 41.6. The molecular formula is C71H47N5. The van der Waals surface area contributed by atoms with Crippen LogP contribution in [0.4, 0.5) is 0 Å². The van der Waals surface area contributed by atoms with Gasteiger partial charge in [0.05, 0.1) is 44.5 Å². The maximum Gasteiger partial charge on any atom is 0.160 e. The first-order valence-corrected chi connectivity index (χ1v) is 26.0. The second-order valence-corrected chi connectivity index (χ2v) is 19.8. The maximum absolute atomic E-state index is 5.06. The second-order valence-electron chi connectivity index (χ2n) is 19.8. The van der Waals surface area contributed by atoms with Crippen molar-refractivity contribution in [1.29, 1.82) is 0 Å². The molecular weight excluding hydrogens is 923 g/mol. The lowest BCUT2D eigenvalue weighted by Gasteiger charge is -2.13. The summed E-state index contributed by atoms with van der Waals surface area (Å²) in [6.07, 6.45) is 0. The van der Waals surface area contributed by atoms with E-state index < -0.39 is 0 Å². The number of aromatic nitrogens is 5. The molecule has 0 aliphatic carbocycles. The van der Waals surface area contributed by atoms with E-state index in [-0.39, 0.29) is 0 Å². The minimum absolute atomic E-state index is 0.713. The SMILES string of the molecule is Cc1cc(-c2ccc(-c3cc(-c4ccccc4)nc(-c4ccccc4)n3)cc2)ccc1-c1ccc(-n2c3ccc(-n4c5ccccc5c5ccccc54)cc3c3cc(-n4c5ccccc5c5ccccc54)ccc32)cc1. The van der Waals surface area contributed by atoms with Crippen LogP contribution in [0, 0.1) is 6.92 Å². The molecule has 0 saturated carbocycles. The molecule has 0 atom stereocenters. The lowest BCUT2D eigenvalue weighted by atomic mass is 9.95. The molecule has 5 nitrogen and oxygen atoms in total. The molecule has 0 unspecified atom stereocenters. The Kier molecular flexibility index (Phi) is 10.0. The minimum Gasteiger partial charge on any atom is -0.309 e. The molecule has 0 saturated heterocycles. The molecule has 0 N–H and O–H groups in total. The second kappa shape index (κ2) is 17.5. The van der Waals surface area contributed by atoms with Gasteiger partial charge in [-0.1, -0.05) is 188 Å². The minimum atomic E-state index is 0.713. The Morgan fingerprint density at radius 1 is 0.250 bits per heavy atom. The molecule has 0 amide bonds. The van der Waals surface area contributed by atoms with Crippen molar-refractivity contribution in [2.45, 2.75) is 6.92 Å². The Morgan fingerprint density at radius 2 is 0.618 bits per heavy atom. The summed E-state index contributed by atoms with van der Waals surface area (Å²) in [5, 5.41) is 7.41. The number of benzene rings is 11. The predicted molar refractivity (Wildman–Crippen MR) is 317 cm³/mol. The van der Waals surface area contributed by atoms with Crippen LogP contribution in [0.5, 0.6) is 0 Å². The van der Waals surface area contributed by atoms with Gasteiger partial charge in [0.15, 0.2) is 5.82 Å². The van der Waals surface area contributed by atoms with Gasteiger partial charge in [0, 0.05) is 66.1 Å². The summed E-state index contributed by atoms with van der Waals surface area (Å²) in [4.78, 5) is 10.0. The highest BCUT2D eigenvalue weighted by molar-refractivity contribution is 6.14. The average Bonchev–Trinajstić information content (AvgIpc) is 4.14. The van der Waals surface area contributed by atoms with Gasteiger partial charge in [-0.2, -0.15) is 0 Å². The molecule has 76 heavy (non-hydrogen) atoms. The van der Waals surface area contributed by atoms with E-state index in [0.717, 1.165) is 61.7 Å². The lowest BCUT2D eigenvalue weighted by Crippen LogP contribution is -1.96. The molecule has 0 bridgehead atoms. The molecule has 5 heteroatoms. The van der Waals surface area contributed by atoms with Crippen LogP contribution in [-0.2, 0) is 0 Å². The molecule has 0 aliphatic rings. The van der Waals surface area contributed by atoms with Gasteiger partial charge >= 0.3 is 0 Å². The molecule has 0 aliphatic heterocycles. The fourth-order valence-electron chi connectivity index (χ4n) is 11.8. The number of hydrogen-bond donors (Lipinski definition) is 0. The highest BCUT2D eigenvalue weighted by atomic mass is 15.0. The summed E-state index contributed by atoms with van der Waals surface area (Å²) >= 11 is 0. The van der Waals surface area contributed by atoms with Crippen LogP contribution in [0.2, 0.25) is 0 Å². The first-order valence-electron chi connectivity index (χ1n) is 26.0. The third kappa shape index (κ3) is 7.08. The van der Waals surface area contributed by atoms with Crippen LogP contribution in [-0.4, -0.2) is 23.7 Å². The fourth-order valence-corrected chi connectivity index (χ4v) is 11.8. The first kappa shape index (κ1) is 43.5. The molecule has 4 aromatic heterocycles. The van der Waals surface area contributed by atoms with E-state index in [2.05, 4.69) is 263 Å². The fraction of sp³-hybridized carbons (Fsp3) is 0.0141. The van der Waals surface area contributed by atoms with E-state index in [1.807, 2.05) is 24.3 Å². The molecule has 4 heterocycles. The van der Waals surface area contributed by atoms with E-state index in [1.165, 1.54) is 76.6 Å². The third-order valence-electron chi connectivity index (χ3n) is 15.4. The highest BCUT2D eigenvalue weighted by Gasteiger charge is 2.20. The van der Waals surface area contributed by atoms with Crippen molar-refractivity contribution in [2.24, 2.45) is 0 Å². The van der Waals surface area contributed by atoms with Crippen molar-refractivity contribution >= 4 is 65.4 Å². The van der Waals surface area contributed by atoms with Crippen LogP contribution >= 0.6 is 0 Å². The van der Waals surface area contributed by atoms with Crippen LogP contribution in [0.25, 0.3) is 139 Å². The van der Waals surface area contributed by atoms with E-state index in [0.29, 0.717) is 5.82 Å². The van der Waals surface area contributed by atoms with Crippen molar-refractivity contribution in [3.63, 3.8) is 0 Å².